The molecule has 90 valence electrons. The molecule has 0 bridgehead atoms. The highest BCUT2D eigenvalue weighted by Crippen LogP contribution is 2.24. The fourth-order valence-corrected chi connectivity index (χ4v) is 2.75. The zero-order valence-electron chi connectivity index (χ0n) is 8.93. The molecule has 0 spiro atoms. The number of aromatic nitrogens is 3. The molecule has 2 rings (SSSR count). The lowest BCUT2D eigenvalue weighted by Gasteiger charge is -2.03. The molecule has 0 unspecified atom stereocenters. The molecule has 0 fully saturated rings. The van der Waals surface area contributed by atoms with Crippen LogP contribution < -0.4 is 0 Å². The van der Waals surface area contributed by atoms with Crippen molar-refractivity contribution in [3.05, 3.63) is 40.4 Å². The topological polar surface area (TPSA) is 47.8 Å². The Morgan fingerprint density at radius 3 is 2.71 bits per heavy atom. The lowest BCUT2D eigenvalue weighted by Crippen LogP contribution is -2.03. The summed E-state index contributed by atoms with van der Waals surface area (Å²) in [4.78, 5) is 0.627. The highest BCUT2D eigenvalue weighted by molar-refractivity contribution is 7.84. The van der Waals surface area contributed by atoms with Gasteiger partial charge in [0.25, 0.3) is 0 Å². The Balaban J connectivity index is 2.20. The van der Waals surface area contributed by atoms with Gasteiger partial charge in [-0.05, 0) is 18.2 Å². The molecule has 1 atom stereocenters. The highest BCUT2D eigenvalue weighted by atomic mass is 35.5. The van der Waals surface area contributed by atoms with Gasteiger partial charge in [0.1, 0.15) is 12.2 Å². The van der Waals surface area contributed by atoms with Gasteiger partial charge in [-0.3, -0.25) is 4.21 Å². The van der Waals surface area contributed by atoms with Crippen molar-refractivity contribution in [2.24, 2.45) is 7.05 Å². The first-order valence-electron chi connectivity index (χ1n) is 4.74. The summed E-state index contributed by atoms with van der Waals surface area (Å²) in [6.45, 7) is 0. The fraction of sp³-hybridized carbons (Fsp3) is 0.200. The molecule has 0 aliphatic rings. The summed E-state index contributed by atoms with van der Waals surface area (Å²) in [6.07, 6.45) is 1.57. The van der Waals surface area contributed by atoms with Gasteiger partial charge in [0, 0.05) is 11.9 Å². The second-order valence-electron chi connectivity index (χ2n) is 3.42. The van der Waals surface area contributed by atoms with Crippen LogP contribution in [0.2, 0.25) is 10.0 Å². The van der Waals surface area contributed by atoms with Crippen molar-refractivity contribution in [3.8, 4) is 0 Å². The van der Waals surface area contributed by atoms with Gasteiger partial charge < -0.3 is 4.57 Å². The maximum Gasteiger partial charge on any atom is 0.145 e. The molecule has 0 radical (unpaired) electrons. The first-order valence-corrected chi connectivity index (χ1v) is 6.81. The Kier molecular flexibility index (Phi) is 3.81. The molecule has 0 N–H and O–H groups in total. The average Bonchev–Trinajstić information content (AvgIpc) is 2.68. The van der Waals surface area contributed by atoms with Crippen LogP contribution >= 0.6 is 23.2 Å². The van der Waals surface area contributed by atoms with Gasteiger partial charge in [-0.2, -0.15) is 0 Å². The number of aryl methyl sites for hydroxylation is 1. The molecule has 0 saturated carbocycles. The van der Waals surface area contributed by atoms with E-state index in [1.807, 2.05) is 0 Å². The van der Waals surface area contributed by atoms with Crippen LogP contribution in [0, 0.1) is 0 Å². The van der Waals surface area contributed by atoms with E-state index in [1.165, 1.54) is 0 Å². The van der Waals surface area contributed by atoms with Crippen molar-refractivity contribution < 1.29 is 4.21 Å². The van der Waals surface area contributed by atoms with Gasteiger partial charge in [0.15, 0.2) is 0 Å². The van der Waals surface area contributed by atoms with E-state index in [2.05, 4.69) is 10.2 Å². The van der Waals surface area contributed by atoms with Crippen molar-refractivity contribution in [1.82, 2.24) is 14.8 Å². The van der Waals surface area contributed by atoms with Gasteiger partial charge in [-0.15, -0.1) is 10.2 Å². The summed E-state index contributed by atoms with van der Waals surface area (Å²) in [5.74, 6) is 0.962. The normalized spacial score (nSPS) is 12.6. The number of hydrogen-bond donors (Lipinski definition) is 0. The zero-order chi connectivity index (χ0) is 12.4. The van der Waals surface area contributed by atoms with Crippen LogP contribution in [0.15, 0.2) is 29.4 Å². The zero-order valence-corrected chi connectivity index (χ0v) is 11.3. The first kappa shape index (κ1) is 12.5. The number of benzene rings is 1. The van der Waals surface area contributed by atoms with Gasteiger partial charge in [-0.25, -0.2) is 0 Å². The lowest BCUT2D eigenvalue weighted by atomic mass is 10.4. The monoisotopic (exact) mass is 289 g/mol. The molecule has 1 aromatic heterocycles. The third kappa shape index (κ3) is 2.86. The van der Waals surface area contributed by atoms with E-state index >= 15 is 0 Å². The van der Waals surface area contributed by atoms with Crippen molar-refractivity contribution in [1.29, 1.82) is 0 Å². The molecule has 1 aromatic carbocycles. The summed E-state index contributed by atoms with van der Waals surface area (Å²) in [5, 5.41) is 8.46. The van der Waals surface area contributed by atoms with Crippen LogP contribution in [0.4, 0.5) is 0 Å². The minimum atomic E-state index is -1.21. The van der Waals surface area contributed by atoms with Gasteiger partial charge >= 0.3 is 0 Å². The minimum Gasteiger partial charge on any atom is -0.320 e. The number of rotatable bonds is 3. The van der Waals surface area contributed by atoms with Crippen LogP contribution in [0.5, 0.6) is 0 Å². The molecule has 7 heteroatoms. The quantitative estimate of drug-likeness (QED) is 0.872. The molecular weight excluding hydrogens is 281 g/mol. The number of nitrogens with zero attached hydrogens (tertiary/aromatic N) is 3. The van der Waals surface area contributed by atoms with Crippen LogP contribution in [0.3, 0.4) is 0 Å². The van der Waals surface area contributed by atoms with Crippen molar-refractivity contribution in [3.63, 3.8) is 0 Å². The standard InChI is InChI=1S/C10H9Cl2N3OS/c1-15-6-13-14-10(15)5-17(16)7-2-3-8(11)9(12)4-7/h2-4,6H,5H2,1H3/t17-/m0/s1. The molecular formula is C10H9Cl2N3OS. The molecule has 4 nitrogen and oxygen atoms in total. The summed E-state index contributed by atoms with van der Waals surface area (Å²) in [7, 11) is 0.599. The predicted octanol–water partition coefficient (Wildman–Crippen LogP) is 2.43. The molecule has 0 amide bonds. The first-order chi connectivity index (χ1) is 8.08. The Labute approximate surface area is 111 Å². The highest BCUT2D eigenvalue weighted by Gasteiger charge is 2.10. The lowest BCUT2D eigenvalue weighted by molar-refractivity contribution is 0.679. The fourth-order valence-electron chi connectivity index (χ4n) is 1.26. The Hall–Kier alpha value is -0.910. The van der Waals surface area contributed by atoms with E-state index < -0.39 is 10.8 Å². The third-order valence-corrected chi connectivity index (χ3v) is 4.26. The summed E-state index contributed by atoms with van der Waals surface area (Å²) in [5.41, 5.74) is 0. The molecule has 0 saturated heterocycles. The third-order valence-electron chi connectivity index (χ3n) is 2.22. The van der Waals surface area contributed by atoms with Crippen molar-refractivity contribution in [2.75, 3.05) is 0 Å². The van der Waals surface area contributed by atoms with E-state index in [1.54, 1.807) is 36.1 Å². The molecule has 2 aromatic rings. The van der Waals surface area contributed by atoms with Gasteiger partial charge in [-0.1, -0.05) is 23.2 Å². The SMILES string of the molecule is Cn1cnnc1C[S@](=O)c1ccc(Cl)c(Cl)c1. The molecule has 17 heavy (non-hydrogen) atoms. The van der Waals surface area contributed by atoms with Crippen molar-refractivity contribution >= 4 is 34.0 Å². The van der Waals surface area contributed by atoms with E-state index in [9.17, 15) is 4.21 Å². The summed E-state index contributed by atoms with van der Waals surface area (Å²) < 4.78 is 13.8. The van der Waals surface area contributed by atoms with Crippen LogP contribution in [-0.2, 0) is 23.6 Å². The number of halogens is 2. The van der Waals surface area contributed by atoms with Crippen LogP contribution in [0.1, 0.15) is 5.82 Å². The van der Waals surface area contributed by atoms with Gasteiger partial charge in [0.05, 0.1) is 26.6 Å². The van der Waals surface area contributed by atoms with Crippen molar-refractivity contribution in [2.45, 2.75) is 10.6 Å². The molecule has 0 aliphatic carbocycles. The smallest absolute Gasteiger partial charge is 0.145 e. The Morgan fingerprint density at radius 1 is 1.35 bits per heavy atom. The Bertz CT molecular complexity index is 570. The molecule has 1 heterocycles. The largest absolute Gasteiger partial charge is 0.320 e. The second kappa shape index (κ2) is 5.16. The van der Waals surface area contributed by atoms with E-state index in [0.717, 1.165) is 0 Å². The maximum absolute atomic E-state index is 12.1. The summed E-state index contributed by atoms with van der Waals surface area (Å²) >= 11 is 11.7. The van der Waals surface area contributed by atoms with Crippen LogP contribution in [0.25, 0.3) is 0 Å². The number of hydrogen-bond acceptors (Lipinski definition) is 3. The van der Waals surface area contributed by atoms with E-state index in [-0.39, 0.29) is 0 Å². The molecule has 0 aliphatic heterocycles. The second-order valence-corrected chi connectivity index (χ2v) is 5.69. The van der Waals surface area contributed by atoms with E-state index in [0.29, 0.717) is 26.5 Å². The Morgan fingerprint density at radius 2 is 2.12 bits per heavy atom. The van der Waals surface area contributed by atoms with Gasteiger partial charge in [0.2, 0.25) is 0 Å². The predicted molar refractivity (Wildman–Crippen MR) is 67.6 cm³/mol. The van der Waals surface area contributed by atoms with Crippen LogP contribution in [-0.4, -0.2) is 19.0 Å². The minimum absolute atomic E-state index is 0.300. The maximum atomic E-state index is 12.1. The van der Waals surface area contributed by atoms with E-state index in [4.69, 9.17) is 23.2 Å². The average molecular weight is 290 g/mol. The summed E-state index contributed by atoms with van der Waals surface area (Å²) in [6, 6.07) is 4.94.